The molecule has 1 heterocycles. The third-order valence-electron chi connectivity index (χ3n) is 3.31. The van der Waals surface area contributed by atoms with Gasteiger partial charge >= 0.3 is 0 Å². The molecule has 0 saturated carbocycles. The molecule has 0 atom stereocenters. The molecule has 0 aromatic heterocycles. The Balaban J connectivity index is 2.31. The molecule has 1 saturated heterocycles. The Bertz CT molecular complexity index is 692. The number of benzene rings is 1. The second kappa shape index (κ2) is 9.26. The summed E-state index contributed by atoms with van der Waals surface area (Å²) in [5.74, 6) is 0.897. The van der Waals surface area contributed by atoms with Crippen molar-refractivity contribution < 1.29 is 23.8 Å². The first-order valence-corrected chi connectivity index (χ1v) is 9.46. The summed E-state index contributed by atoms with van der Waals surface area (Å²) in [6, 6.07) is 3.62. The van der Waals surface area contributed by atoms with Crippen molar-refractivity contribution in [2.24, 2.45) is 0 Å². The minimum atomic E-state index is -0.310. The minimum absolute atomic E-state index is 0.246. The van der Waals surface area contributed by atoms with Gasteiger partial charge in [-0.15, -0.1) is 0 Å². The lowest BCUT2D eigenvalue weighted by Crippen LogP contribution is -2.31. The molecule has 2 rings (SSSR count). The van der Waals surface area contributed by atoms with Gasteiger partial charge in [-0.3, -0.25) is 14.5 Å². The van der Waals surface area contributed by atoms with E-state index in [1.807, 2.05) is 19.9 Å². The summed E-state index contributed by atoms with van der Waals surface area (Å²) in [7, 11) is 1.53. The SMILES string of the molecule is CCOc1cc(C=C2SC(=O)N(CCOC)C2=O)cc(Br)c1OCC. The Morgan fingerprint density at radius 2 is 1.92 bits per heavy atom. The van der Waals surface area contributed by atoms with Crippen molar-refractivity contribution in [3.63, 3.8) is 0 Å². The Labute approximate surface area is 159 Å². The molecular formula is C17H20BrNO5S. The molecule has 1 fully saturated rings. The lowest BCUT2D eigenvalue weighted by Gasteiger charge is -2.13. The normalized spacial score (nSPS) is 16.0. The number of hydrogen-bond acceptors (Lipinski definition) is 6. The predicted octanol–water partition coefficient (Wildman–Crippen LogP) is 3.93. The first-order valence-electron chi connectivity index (χ1n) is 7.85. The van der Waals surface area contributed by atoms with Gasteiger partial charge < -0.3 is 14.2 Å². The summed E-state index contributed by atoms with van der Waals surface area (Å²) in [4.78, 5) is 25.9. The number of halogens is 1. The molecular weight excluding hydrogens is 410 g/mol. The van der Waals surface area contributed by atoms with Gasteiger partial charge in [0, 0.05) is 7.11 Å². The van der Waals surface area contributed by atoms with Crippen LogP contribution in [0.15, 0.2) is 21.5 Å². The maximum atomic E-state index is 12.4. The lowest BCUT2D eigenvalue weighted by molar-refractivity contribution is -0.123. The number of nitrogens with zero attached hydrogens (tertiary/aromatic N) is 1. The lowest BCUT2D eigenvalue weighted by atomic mass is 10.2. The molecule has 0 radical (unpaired) electrons. The van der Waals surface area contributed by atoms with Crippen molar-refractivity contribution in [3.05, 3.63) is 27.1 Å². The summed E-state index contributed by atoms with van der Waals surface area (Å²) >= 11 is 4.39. The van der Waals surface area contributed by atoms with E-state index < -0.39 is 0 Å². The van der Waals surface area contributed by atoms with E-state index in [9.17, 15) is 9.59 Å². The van der Waals surface area contributed by atoms with Crippen molar-refractivity contribution in [1.29, 1.82) is 0 Å². The van der Waals surface area contributed by atoms with Gasteiger partial charge in [0.1, 0.15) is 0 Å². The van der Waals surface area contributed by atoms with E-state index >= 15 is 0 Å². The van der Waals surface area contributed by atoms with Gasteiger partial charge in [-0.1, -0.05) is 0 Å². The highest BCUT2D eigenvalue weighted by atomic mass is 79.9. The number of amides is 2. The zero-order chi connectivity index (χ0) is 18.4. The summed E-state index contributed by atoms with van der Waals surface area (Å²) in [6.07, 6.45) is 1.68. The second-order valence-corrected chi connectivity index (χ2v) is 6.87. The van der Waals surface area contributed by atoms with Crippen LogP contribution in [0, 0.1) is 0 Å². The highest BCUT2D eigenvalue weighted by molar-refractivity contribution is 9.10. The zero-order valence-corrected chi connectivity index (χ0v) is 16.7. The van der Waals surface area contributed by atoms with Gasteiger partial charge in [-0.25, -0.2) is 0 Å². The fraction of sp³-hybridized carbons (Fsp3) is 0.412. The summed E-state index contributed by atoms with van der Waals surface area (Å²) in [5.41, 5.74) is 0.746. The number of rotatable bonds is 8. The highest BCUT2D eigenvalue weighted by Gasteiger charge is 2.34. The molecule has 25 heavy (non-hydrogen) atoms. The van der Waals surface area contributed by atoms with E-state index in [2.05, 4.69) is 15.9 Å². The van der Waals surface area contributed by atoms with E-state index in [1.54, 1.807) is 12.1 Å². The molecule has 1 aliphatic heterocycles. The van der Waals surface area contributed by atoms with Crippen LogP contribution in [0.3, 0.4) is 0 Å². The van der Waals surface area contributed by atoms with Gasteiger partial charge in [0.25, 0.3) is 11.1 Å². The fourth-order valence-electron chi connectivity index (χ4n) is 2.25. The number of carbonyl (C=O) groups is 2. The largest absolute Gasteiger partial charge is 0.490 e. The van der Waals surface area contributed by atoms with Gasteiger partial charge in [0.15, 0.2) is 11.5 Å². The van der Waals surface area contributed by atoms with Crippen molar-refractivity contribution in [2.45, 2.75) is 13.8 Å². The molecule has 1 aromatic carbocycles. The second-order valence-electron chi connectivity index (χ2n) is 5.02. The van der Waals surface area contributed by atoms with Crippen LogP contribution in [0.4, 0.5) is 4.79 Å². The summed E-state index contributed by atoms with van der Waals surface area (Å²) in [6.45, 7) is 5.34. The Morgan fingerprint density at radius 3 is 2.56 bits per heavy atom. The smallest absolute Gasteiger partial charge is 0.293 e. The summed E-state index contributed by atoms with van der Waals surface area (Å²) < 4.78 is 16.9. The van der Waals surface area contributed by atoms with Crippen LogP contribution >= 0.6 is 27.7 Å². The van der Waals surface area contributed by atoms with Crippen LogP contribution in [-0.2, 0) is 9.53 Å². The van der Waals surface area contributed by atoms with Crippen molar-refractivity contribution in [3.8, 4) is 11.5 Å². The van der Waals surface area contributed by atoms with E-state index in [4.69, 9.17) is 14.2 Å². The molecule has 0 N–H and O–H groups in total. The molecule has 1 aromatic rings. The van der Waals surface area contributed by atoms with Crippen LogP contribution in [-0.4, -0.2) is 49.5 Å². The summed E-state index contributed by atoms with van der Waals surface area (Å²) in [5, 5.41) is -0.289. The molecule has 2 amide bonds. The minimum Gasteiger partial charge on any atom is -0.490 e. The van der Waals surface area contributed by atoms with Gasteiger partial charge in [-0.05, 0) is 65.3 Å². The number of methoxy groups -OCH3 is 1. The topological polar surface area (TPSA) is 65.1 Å². The van der Waals surface area contributed by atoms with E-state index in [1.165, 1.54) is 12.0 Å². The fourth-order valence-corrected chi connectivity index (χ4v) is 3.68. The maximum Gasteiger partial charge on any atom is 0.293 e. The van der Waals surface area contributed by atoms with Crippen LogP contribution in [0.5, 0.6) is 11.5 Å². The van der Waals surface area contributed by atoms with Crippen LogP contribution in [0.1, 0.15) is 19.4 Å². The Hall–Kier alpha value is -1.51. The monoisotopic (exact) mass is 429 g/mol. The molecule has 136 valence electrons. The average molecular weight is 430 g/mol. The highest BCUT2D eigenvalue weighted by Crippen LogP contribution is 2.39. The van der Waals surface area contributed by atoms with Crippen LogP contribution in [0.25, 0.3) is 6.08 Å². The zero-order valence-electron chi connectivity index (χ0n) is 14.3. The molecule has 8 heteroatoms. The molecule has 0 spiro atoms. The number of hydrogen-bond donors (Lipinski definition) is 0. The Morgan fingerprint density at radius 1 is 1.20 bits per heavy atom. The van der Waals surface area contributed by atoms with E-state index in [0.717, 1.165) is 21.8 Å². The van der Waals surface area contributed by atoms with Gasteiger partial charge in [-0.2, -0.15) is 0 Å². The number of ether oxygens (including phenoxy) is 3. The maximum absolute atomic E-state index is 12.4. The number of thioether (sulfide) groups is 1. The number of carbonyl (C=O) groups excluding carboxylic acids is 2. The molecule has 6 nitrogen and oxygen atoms in total. The number of imide groups is 1. The quantitative estimate of drug-likeness (QED) is 0.583. The Kier molecular flexibility index (Phi) is 7.34. The molecule has 1 aliphatic rings. The van der Waals surface area contributed by atoms with Crippen molar-refractivity contribution in [1.82, 2.24) is 4.90 Å². The molecule has 0 bridgehead atoms. The third kappa shape index (κ3) is 4.77. The van der Waals surface area contributed by atoms with E-state index in [-0.39, 0.29) is 17.7 Å². The predicted molar refractivity (Wildman–Crippen MR) is 101 cm³/mol. The van der Waals surface area contributed by atoms with Gasteiger partial charge in [0.2, 0.25) is 0 Å². The molecule has 0 aliphatic carbocycles. The van der Waals surface area contributed by atoms with Gasteiger partial charge in [0.05, 0.1) is 35.7 Å². The van der Waals surface area contributed by atoms with Crippen LogP contribution < -0.4 is 9.47 Å². The third-order valence-corrected chi connectivity index (χ3v) is 4.81. The van der Waals surface area contributed by atoms with E-state index in [0.29, 0.717) is 36.2 Å². The molecule has 0 unspecified atom stereocenters. The first kappa shape index (κ1) is 19.8. The standard InChI is InChI=1S/C17H20BrNO5S/c1-4-23-13-9-11(8-12(18)15(13)24-5-2)10-14-16(20)19(6-7-22-3)17(21)25-14/h8-10H,4-7H2,1-3H3. The van der Waals surface area contributed by atoms with Crippen molar-refractivity contribution >= 4 is 44.9 Å². The van der Waals surface area contributed by atoms with Crippen LogP contribution in [0.2, 0.25) is 0 Å². The first-order chi connectivity index (χ1) is 12.0. The average Bonchev–Trinajstić information content (AvgIpc) is 2.83. The van der Waals surface area contributed by atoms with Crippen molar-refractivity contribution in [2.75, 3.05) is 33.5 Å².